The number of rotatable bonds is 3. The minimum atomic E-state index is -0.379. The highest BCUT2D eigenvalue weighted by molar-refractivity contribution is 6.42. The van der Waals surface area contributed by atoms with Crippen molar-refractivity contribution in [3.63, 3.8) is 0 Å². The Morgan fingerprint density at radius 3 is 2.56 bits per heavy atom. The molecule has 4 nitrogen and oxygen atoms in total. The van der Waals surface area contributed by atoms with E-state index < -0.39 is 0 Å². The molecule has 1 atom stereocenters. The van der Waals surface area contributed by atoms with Crippen LogP contribution in [0.2, 0.25) is 15.1 Å². The Morgan fingerprint density at radius 2 is 2.00 bits per heavy atom. The van der Waals surface area contributed by atoms with Crippen molar-refractivity contribution in [2.75, 3.05) is 0 Å². The van der Waals surface area contributed by atoms with Crippen LogP contribution in [0.3, 0.4) is 0 Å². The van der Waals surface area contributed by atoms with Crippen molar-refractivity contribution in [3.8, 4) is 0 Å². The predicted molar refractivity (Wildman–Crippen MR) is 73.8 cm³/mol. The van der Waals surface area contributed by atoms with Crippen molar-refractivity contribution in [1.82, 2.24) is 15.2 Å². The van der Waals surface area contributed by atoms with Crippen molar-refractivity contribution in [3.05, 3.63) is 50.7 Å². The second kappa shape index (κ2) is 5.47. The van der Waals surface area contributed by atoms with E-state index in [1.165, 1.54) is 0 Å². The molecule has 0 saturated heterocycles. The van der Waals surface area contributed by atoms with E-state index in [-0.39, 0.29) is 6.04 Å². The topological polar surface area (TPSA) is 55.9 Å². The molecular formula is C11H11Cl3N4. The second-order valence-electron chi connectivity index (χ2n) is 3.74. The molecule has 0 radical (unpaired) electrons. The third kappa shape index (κ3) is 2.35. The van der Waals surface area contributed by atoms with E-state index in [9.17, 15) is 0 Å². The third-order valence-corrected chi connectivity index (χ3v) is 3.79. The molecule has 0 aliphatic rings. The minimum Gasteiger partial charge on any atom is -0.271 e. The number of benzene rings is 1. The molecule has 2 rings (SSSR count). The summed E-state index contributed by atoms with van der Waals surface area (Å²) in [6.07, 6.45) is 1.56. The van der Waals surface area contributed by atoms with Gasteiger partial charge in [0.2, 0.25) is 0 Å². The Bertz CT molecular complexity index is 548. The van der Waals surface area contributed by atoms with Crippen LogP contribution < -0.4 is 11.3 Å². The summed E-state index contributed by atoms with van der Waals surface area (Å²) in [5.74, 6) is 5.60. The Kier molecular flexibility index (Phi) is 4.14. The highest BCUT2D eigenvalue weighted by atomic mass is 35.5. The van der Waals surface area contributed by atoms with Crippen LogP contribution in [0.15, 0.2) is 24.4 Å². The number of aromatic nitrogens is 2. The predicted octanol–water partition coefficient (Wildman–Crippen LogP) is 2.93. The molecule has 18 heavy (non-hydrogen) atoms. The SMILES string of the molecule is Cn1ncc(Cl)c1C(NN)c1cccc(Cl)c1Cl. The fourth-order valence-corrected chi connectivity index (χ4v) is 2.50. The van der Waals surface area contributed by atoms with E-state index in [1.54, 1.807) is 30.1 Å². The number of nitrogens with two attached hydrogens (primary N) is 1. The quantitative estimate of drug-likeness (QED) is 0.677. The Morgan fingerprint density at radius 1 is 1.28 bits per heavy atom. The maximum absolute atomic E-state index is 6.19. The fourth-order valence-electron chi connectivity index (χ4n) is 1.80. The summed E-state index contributed by atoms with van der Waals surface area (Å²) in [7, 11) is 1.78. The van der Waals surface area contributed by atoms with Crippen LogP contribution in [0.4, 0.5) is 0 Å². The number of nitrogens with zero attached hydrogens (tertiary/aromatic N) is 2. The smallest absolute Gasteiger partial charge is 0.0908 e. The van der Waals surface area contributed by atoms with Gasteiger partial charge in [0.25, 0.3) is 0 Å². The Labute approximate surface area is 120 Å². The lowest BCUT2D eigenvalue weighted by Gasteiger charge is -2.19. The summed E-state index contributed by atoms with van der Waals surface area (Å²) in [5.41, 5.74) is 4.15. The van der Waals surface area contributed by atoms with Gasteiger partial charge in [0.15, 0.2) is 0 Å². The van der Waals surface area contributed by atoms with Gasteiger partial charge >= 0.3 is 0 Å². The van der Waals surface area contributed by atoms with E-state index in [4.69, 9.17) is 40.6 Å². The standard InChI is InChI=1S/C11H11Cl3N4/c1-18-11(8(13)5-16-18)10(17-15)6-3-2-4-7(12)9(6)14/h2-5,10,17H,15H2,1H3. The molecule has 0 spiro atoms. The van der Waals surface area contributed by atoms with Crippen molar-refractivity contribution in [2.24, 2.45) is 12.9 Å². The van der Waals surface area contributed by atoms with Crippen LogP contribution >= 0.6 is 34.8 Å². The molecule has 1 heterocycles. The zero-order valence-electron chi connectivity index (χ0n) is 9.49. The van der Waals surface area contributed by atoms with Gasteiger partial charge in [-0.05, 0) is 11.6 Å². The molecule has 0 amide bonds. The van der Waals surface area contributed by atoms with E-state index >= 15 is 0 Å². The summed E-state index contributed by atoms with van der Waals surface area (Å²) in [6.45, 7) is 0. The monoisotopic (exact) mass is 304 g/mol. The highest BCUT2D eigenvalue weighted by Gasteiger charge is 2.22. The van der Waals surface area contributed by atoms with Crippen molar-refractivity contribution in [1.29, 1.82) is 0 Å². The van der Waals surface area contributed by atoms with Crippen LogP contribution in [-0.2, 0) is 7.05 Å². The molecule has 1 unspecified atom stereocenters. The van der Waals surface area contributed by atoms with E-state index in [1.807, 2.05) is 6.07 Å². The molecule has 96 valence electrons. The lowest BCUT2D eigenvalue weighted by molar-refractivity contribution is 0.575. The highest BCUT2D eigenvalue weighted by Crippen LogP contribution is 2.34. The van der Waals surface area contributed by atoms with Gasteiger partial charge in [-0.1, -0.05) is 46.9 Å². The van der Waals surface area contributed by atoms with Crippen LogP contribution in [0, 0.1) is 0 Å². The molecule has 2 aromatic rings. The molecule has 1 aromatic heterocycles. The van der Waals surface area contributed by atoms with Crippen LogP contribution in [-0.4, -0.2) is 9.78 Å². The molecular weight excluding hydrogens is 295 g/mol. The Balaban J connectivity index is 2.56. The van der Waals surface area contributed by atoms with Gasteiger partial charge in [-0.25, -0.2) is 5.43 Å². The fraction of sp³-hybridized carbons (Fsp3) is 0.182. The van der Waals surface area contributed by atoms with Crippen LogP contribution in [0.25, 0.3) is 0 Å². The molecule has 7 heteroatoms. The zero-order chi connectivity index (χ0) is 13.3. The number of halogens is 3. The van der Waals surface area contributed by atoms with Crippen molar-refractivity contribution in [2.45, 2.75) is 6.04 Å². The normalized spacial score (nSPS) is 12.7. The lowest BCUT2D eigenvalue weighted by Crippen LogP contribution is -2.30. The lowest BCUT2D eigenvalue weighted by atomic mass is 10.0. The van der Waals surface area contributed by atoms with Crippen LogP contribution in [0.5, 0.6) is 0 Å². The first-order valence-corrected chi connectivity index (χ1v) is 6.27. The summed E-state index contributed by atoms with van der Waals surface area (Å²) < 4.78 is 1.64. The van der Waals surface area contributed by atoms with Gasteiger partial charge in [-0.15, -0.1) is 0 Å². The first kappa shape index (κ1) is 13.6. The van der Waals surface area contributed by atoms with E-state index in [2.05, 4.69) is 10.5 Å². The van der Waals surface area contributed by atoms with Gasteiger partial charge in [0, 0.05) is 7.05 Å². The molecule has 0 bridgehead atoms. The first-order chi connectivity index (χ1) is 8.56. The van der Waals surface area contributed by atoms with Crippen molar-refractivity contribution < 1.29 is 0 Å². The third-order valence-electron chi connectivity index (χ3n) is 2.67. The maximum atomic E-state index is 6.19. The van der Waals surface area contributed by atoms with Crippen LogP contribution in [0.1, 0.15) is 17.3 Å². The average molecular weight is 306 g/mol. The summed E-state index contributed by atoms with van der Waals surface area (Å²) in [6, 6.07) is 4.97. The Hall–Kier alpha value is -0.780. The molecule has 3 N–H and O–H groups in total. The zero-order valence-corrected chi connectivity index (χ0v) is 11.8. The van der Waals surface area contributed by atoms with E-state index in [0.717, 1.165) is 11.3 Å². The van der Waals surface area contributed by atoms with Gasteiger partial charge < -0.3 is 0 Å². The molecule has 1 aromatic carbocycles. The number of hydrogen-bond acceptors (Lipinski definition) is 3. The number of hydrogen-bond donors (Lipinski definition) is 2. The van der Waals surface area contributed by atoms with Gasteiger partial charge in [0.1, 0.15) is 0 Å². The number of hydrazine groups is 1. The first-order valence-electron chi connectivity index (χ1n) is 5.13. The largest absolute Gasteiger partial charge is 0.271 e. The van der Waals surface area contributed by atoms with E-state index in [0.29, 0.717) is 15.1 Å². The number of nitrogens with one attached hydrogen (secondary N) is 1. The van der Waals surface area contributed by atoms with Gasteiger partial charge in [-0.3, -0.25) is 10.5 Å². The summed E-state index contributed by atoms with van der Waals surface area (Å²) in [4.78, 5) is 0. The molecule has 0 aliphatic heterocycles. The molecule has 0 fully saturated rings. The average Bonchev–Trinajstić information content (AvgIpc) is 2.67. The van der Waals surface area contributed by atoms with Crippen molar-refractivity contribution >= 4 is 34.8 Å². The second-order valence-corrected chi connectivity index (χ2v) is 4.94. The van der Waals surface area contributed by atoms with Gasteiger partial charge in [0.05, 0.1) is 33.0 Å². The van der Waals surface area contributed by atoms with Gasteiger partial charge in [-0.2, -0.15) is 5.10 Å². The maximum Gasteiger partial charge on any atom is 0.0908 e. The molecule has 0 saturated carbocycles. The number of aryl methyl sites for hydroxylation is 1. The summed E-state index contributed by atoms with van der Waals surface area (Å²) >= 11 is 18.3. The summed E-state index contributed by atoms with van der Waals surface area (Å²) in [5, 5.41) is 5.50. The molecule has 0 aliphatic carbocycles. The minimum absolute atomic E-state index is 0.379.